The Bertz CT molecular complexity index is 1040. The van der Waals surface area contributed by atoms with Crippen molar-refractivity contribution in [3.05, 3.63) is 79.0 Å². The number of pyridine rings is 1. The third-order valence-electron chi connectivity index (χ3n) is 4.46. The number of aromatic nitrogens is 1. The van der Waals surface area contributed by atoms with Crippen molar-refractivity contribution in [3.63, 3.8) is 0 Å². The highest BCUT2D eigenvalue weighted by Crippen LogP contribution is 2.22. The van der Waals surface area contributed by atoms with E-state index in [-0.39, 0.29) is 12.5 Å². The molecule has 0 saturated heterocycles. The molecule has 0 unspecified atom stereocenters. The fourth-order valence-electron chi connectivity index (χ4n) is 3.00. The molecular weight excluding hydrogens is 378 g/mol. The smallest absolute Gasteiger partial charge is 0.407 e. The molecule has 30 heavy (non-hydrogen) atoms. The first-order valence-electron chi connectivity index (χ1n) is 9.75. The van der Waals surface area contributed by atoms with Gasteiger partial charge in [0.2, 0.25) is 5.91 Å². The monoisotopic (exact) mass is 404 g/mol. The number of rotatable bonds is 5. The number of nitrogens with one attached hydrogen (secondary N) is 2. The largest absolute Gasteiger partial charge is 0.444 e. The summed E-state index contributed by atoms with van der Waals surface area (Å²) in [6.45, 7) is 9.36. The Balaban J connectivity index is 1.78. The Labute approximate surface area is 176 Å². The Morgan fingerprint density at radius 3 is 2.50 bits per heavy atom. The van der Waals surface area contributed by atoms with E-state index in [4.69, 9.17) is 4.74 Å². The second-order valence-electron chi connectivity index (χ2n) is 8.10. The van der Waals surface area contributed by atoms with Crippen LogP contribution in [-0.2, 0) is 9.53 Å². The molecule has 1 aromatic heterocycles. The van der Waals surface area contributed by atoms with Gasteiger partial charge < -0.3 is 15.4 Å². The van der Waals surface area contributed by atoms with Crippen LogP contribution in [0.15, 0.2) is 60.9 Å². The second-order valence-corrected chi connectivity index (χ2v) is 8.10. The van der Waals surface area contributed by atoms with E-state index in [1.807, 2.05) is 48.5 Å². The van der Waals surface area contributed by atoms with Crippen LogP contribution in [0.1, 0.15) is 37.8 Å². The summed E-state index contributed by atoms with van der Waals surface area (Å²) in [6, 6.07) is 14.9. The molecule has 0 aliphatic heterocycles. The summed E-state index contributed by atoms with van der Waals surface area (Å²) in [5.41, 5.74) is 1.69. The summed E-state index contributed by atoms with van der Waals surface area (Å²) in [4.78, 5) is 29.3. The van der Waals surface area contributed by atoms with Crippen molar-refractivity contribution in [3.8, 4) is 0 Å². The zero-order valence-corrected chi connectivity index (χ0v) is 17.4. The first-order valence-corrected chi connectivity index (χ1v) is 9.75. The number of carbonyl (C=O) groups is 2. The molecule has 0 fully saturated rings. The first-order chi connectivity index (χ1) is 14.2. The number of benzene rings is 2. The summed E-state index contributed by atoms with van der Waals surface area (Å²) in [5, 5.41) is 7.62. The number of anilines is 1. The lowest BCUT2D eigenvalue weighted by Gasteiger charge is -2.22. The average Bonchev–Trinajstić information content (AvgIpc) is 2.68. The molecule has 1 atom stereocenters. The topological polar surface area (TPSA) is 80.3 Å². The van der Waals surface area contributed by atoms with Crippen LogP contribution in [0.4, 0.5) is 10.5 Å². The van der Waals surface area contributed by atoms with Crippen LogP contribution in [0.5, 0.6) is 0 Å². The van der Waals surface area contributed by atoms with E-state index in [1.165, 1.54) is 0 Å². The van der Waals surface area contributed by atoms with Crippen LogP contribution in [0, 0.1) is 6.92 Å². The van der Waals surface area contributed by atoms with E-state index in [0.29, 0.717) is 5.69 Å². The zero-order chi connectivity index (χ0) is 21.7. The van der Waals surface area contributed by atoms with Gasteiger partial charge in [0.1, 0.15) is 5.60 Å². The van der Waals surface area contributed by atoms with Crippen LogP contribution in [0.2, 0.25) is 0 Å². The number of nitrogens with zero attached hydrogens (tertiary/aromatic N) is 1. The Morgan fingerprint density at radius 2 is 1.80 bits per heavy atom. The molecule has 155 valence electrons. The van der Waals surface area contributed by atoms with Crippen molar-refractivity contribution >= 4 is 28.5 Å². The molecule has 0 spiro atoms. The fraction of sp³-hybridized carbons (Fsp3) is 0.250. The van der Waals surface area contributed by atoms with E-state index < -0.39 is 17.6 Å². The predicted molar refractivity (Wildman–Crippen MR) is 118 cm³/mol. The van der Waals surface area contributed by atoms with Crippen molar-refractivity contribution in [2.45, 2.75) is 32.3 Å². The molecule has 6 heteroatoms. The van der Waals surface area contributed by atoms with E-state index in [1.54, 1.807) is 33.2 Å². The summed E-state index contributed by atoms with van der Waals surface area (Å²) < 4.78 is 5.29. The highest BCUT2D eigenvalue weighted by Gasteiger charge is 2.23. The Hall–Kier alpha value is -3.41. The third kappa shape index (κ3) is 5.80. The van der Waals surface area contributed by atoms with E-state index >= 15 is 0 Å². The molecule has 0 aliphatic rings. The van der Waals surface area contributed by atoms with E-state index in [0.717, 1.165) is 21.9 Å². The van der Waals surface area contributed by atoms with Crippen LogP contribution in [-0.4, -0.2) is 29.1 Å². The average molecular weight is 404 g/mol. The molecule has 0 bridgehead atoms. The van der Waals surface area contributed by atoms with Gasteiger partial charge in [-0.3, -0.25) is 9.78 Å². The number of fused-ring (bicyclic) bond motifs is 1. The van der Waals surface area contributed by atoms with Gasteiger partial charge in [0, 0.05) is 30.0 Å². The van der Waals surface area contributed by atoms with Crippen LogP contribution >= 0.6 is 0 Å². The van der Waals surface area contributed by atoms with Gasteiger partial charge in [-0.2, -0.15) is 0 Å². The van der Waals surface area contributed by atoms with Gasteiger partial charge >= 0.3 is 6.09 Å². The number of hydrogen-bond acceptors (Lipinski definition) is 4. The SMILES string of the molecule is [CH2]c1ccc([C@@H](CNC(=O)OC(C)(C)C)C(=O)Nc2ccc3cnccc3c2)cc1. The maximum absolute atomic E-state index is 13.1. The molecule has 0 saturated carbocycles. The maximum Gasteiger partial charge on any atom is 0.407 e. The van der Waals surface area contributed by atoms with Gasteiger partial charge in [0.25, 0.3) is 0 Å². The van der Waals surface area contributed by atoms with Gasteiger partial charge in [-0.15, -0.1) is 0 Å². The predicted octanol–water partition coefficient (Wildman–Crippen LogP) is 4.66. The van der Waals surface area contributed by atoms with Crippen molar-refractivity contribution in [1.82, 2.24) is 10.3 Å². The summed E-state index contributed by atoms with van der Waals surface area (Å²) >= 11 is 0. The van der Waals surface area contributed by atoms with E-state index in [2.05, 4.69) is 22.5 Å². The zero-order valence-electron chi connectivity index (χ0n) is 17.4. The fourth-order valence-corrected chi connectivity index (χ4v) is 3.00. The van der Waals surface area contributed by atoms with Crippen molar-refractivity contribution < 1.29 is 14.3 Å². The molecule has 1 radical (unpaired) electrons. The number of hydrogen-bond donors (Lipinski definition) is 2. The van der Waals surface area contributed by atoms with Crippen LogP contribution in [0.3, 0.4) is 0 Å². The number of alkyl carbamates (subject to hydrolysis) is 1. The molecule has 2 aromatic carbocycles. The van der Waals surface area contributed by atoms with Crippen LogP contribution < -0.4 is 10.6 Å². The first kappa shape index (κ1) is 21.3. The number of ether oxygens (including phenoxy) is 1. The Morgan fingerprint density at radius 1 is 1.07 bits per heavy atom. The highest BCUT2D eigenvalue weighted by atomic mass is 16.6. The molecule has 3 aromatic rings. The quantitative estimate of drug-likeness (QED) is 0.648. The molecule has 6 nitrogen and oxygen atoms in total. The maximum atomic E-state index is 13.1. The summed E-state index contributed by atoms with van der Waals surface area (Å²) in [5.74, 6) is -0.817. The lowest BCUT2D eigenvalue weighted by atomic mass is 9.97. The highest BCUT2D eigenvalue weighted by molar-refractivity contribution is 5.98. The lowest BCUT2D eigenvalue weighted by molar-refractivity contribution is -0.117. The van der Waals surface area contributed by atoms with E-state index in [9.17, 15) is 9.59 Å². The van der Waals surface area contributed by atoms with Crippen LogP contribution in [0.25, 0.3) is 10.8 Å². The standard InChI is InChI=1S/C24H26N3O3/c1-16-5-7-17(8-6-16)21(15-26-23(29)30-24(2,3)4)22(28)27-20-10-9-19-14-25-12-11-18(19)13-20/h5-14,21H,1,15H2,2-4H3,(H,26,29)(H,27,28)/t21-/m1/s1. The summed E-state index contributed by atoms with van der Waals surface area (Å²) in [7, 11) is 0. The summed E-state index contributed by atoms with van der Waals surface area (Å²) in [6.07, 6.45) is 2.92. The van der Waals surface area contributed by atoms with Crippen molar-refractivity contribution in [2.75, 3.05) is 11.9 Å². The minimum Gasteiger partial charge on any atom is -0.444 e. The Kier molecular flexibility index (Phi) is 6.35. The molecule has 1 heterocycles. The second kappa shape index (κ2) is 8.95. The van der Waals surface area contributed by atoms with Gasteiger partial charge in [-0.1, -0.05) is 30.3 Å². The molecule has 2 amide bonds. The normalized spacial score (nSPS) is 12.3. The van der Waals surface area contributed by atoms with Gasteiger partial charge in [-0.25, -0.2) is 4.79 Å². The third-order valence-corrected chi connectivity index (χ3v) is 4.46. The minimum atomic E-state index is -0.614. The van der Waals surface area contributed by atoms with Gasteiger partial charge in [0.15, 0.2) is 0 Å². The van der Waals surface area contributed by atoms with Crippen molar-refractivity contribution in [2.24, 2.45) is 0 Å². The molecular formula is C24H26N3O3. The minimum absolute atomic E-state index is 0.106. The van der Waals surface area contributed by atoms with Gasteiger partial charge in [0.05, 0.1) is 5.92 Å². The number of amides is 2. The van der Waals surface area contributed by atoms with Gasteiger partial charge in [-0.05, 0) is 62.4 Å². The lowest BCUT2D eigenvalue weighted by Crippen LogP contribution is -2.37. The number of carbonyl (C=O) groups excluding carboxylic acids is 2. The molecule has 3 rings (SSSR count). The van der Waals surface area contributed by atoms with Crippen molar-refractivity contribution in [1.29, 1.82) is 0 Å². The molecule has 2 N–H and O–H groups in total. The molecule has 0 aliphatic carbocycles.